The van der Waals surface area contributed by atoms with Crippen molar-refractivity contribution in [1.29, 1.82) is 0 Å². The second-order valence-electron chi connectivity index (χ2n) is 6.07. The molecule has 4 nitrogen and oxygen atoms in total. The van der Waals surface area contributed by atoms with E-state index in [1.54, 1.807) is 28.4 Å². The predicted octanol–water partition coefficient (Wildman–Crippen LogP) is 5.15. The van der Waals surface area contributed by atoms with Gasteiger partial charge in [-0.3, -0.25) is 0 Å². The fourth-order valence-corrected chi connectivity index (χ4v) is 3.13. The Morgan fingerprint density at radius 2 is 1.52 bits per heavy atom. The van der Waals surface area contributed by atoms with E-state index in [1.807, 2.05) is 24.3 Å². The van der Waals surface area contributed by atoms with Gasteiger partial charge in [-0.2, -0.15) is 0 Å². The van der Waals surface area contributed by atoms with Crippen LogP contribution in [0.15, 0.2) is 60.2 Å². The number of hydrogen-bond acceptors (Lipinski definition) is 4. The highest BCUT2D eigenvalue weighted by Gasteiger charge is 2.15. The summed E-state index contributed by atoms with van der Waals surface area (Å²) in [5.74, 6) is 2.70. The van der Waals surface area contributed by atoms with Crippen LogP contribution in [0.4, 0.5) is 0 Å². The number of benzene rings is 2. The van der Waals surface area contributed by atoms with Gasteiger partial charge in [0.2, 0.25) is 5.75 Å². The summed E-state index contributed by atoms with van der Waals surface area (Å²) in [6.45, 7) is 0. The first-order valence-corrected chi connectivity index (χ1v) is 8.72. The van der Waals surface area contributed by atoms with E-state index in [9.17, 15) is 0 Å². The van der Waals surface area contributed by atoms with Gasteiger partial charge in [0, 0.05) is 0 Å². The topological polar surface area (TPSA) is 36.9 Å². The Morgan fingerprint density at radius 3 is 2.00 bits per heavy atom. The Kier molecular flexibility index (Phi) is 5.87. The van der Waals surface area contributed by atoms with Crippen molar-refractivity contribution in [2.75, 3.05) is 28.4 Å². The van der Waals surface area contributed by atoms with Crippen molar-refractivity contribution in [2.45, 2.75) is 6.42 Å². The molecule has 2 aromatic rings. The van der Waals surface area contributed by atoms with Crippen molar-refractivity contribution in [1.82, 2.24) is 0 Å². The number of rotatable bonds is 7. The summed E-state index contributed by atoms with van der Waals surface area (Å²) in [5, 5.41) is 0. The highest BCUT2D eigenvalue weighted by Crippen LogP contribution is 2.40. The molecule has 0 unspecified atom stereocenters. The summed E-state index contributed by atoms with van der Waals surface area (Å²) < 4.78 is 21.7. The van der Waals surface area contributed by atoms with E-state index in [0.29, 0.717) is 17.2 Å². The van der Waals surface area contributed by atoms with E-state index in [2.05, 4.69) is 36.4 Å². The average molecular weight is 364 g/mol. The van der Waals surface area contributed by atoms with Crippen LogP contribution in [0.2, 0.25) is 0 Å². The molecule has 4 heteroatoms. The van der Waals surface area contributed by atoms with Gasteiger partial charge >= 0.3 is 0 Å². The highest BCUT2D eigenvalue weighted by atomic mass is 16.5. The summed E-state index contributed by atoms with van der Waals surface area (Å²) in [6.07, 6.45) is 9.44. The largest absolute Gasteiger partial charge is 0.497 e. The van der Waals surface area contributed by atoms with Crippen LogP contribution in [0.25, 0.3) is 11.6 Å². The third kappa shape index (κ3) is 4.00. The summed E-state index contributed by atoms with van der Waals surface area (Å²) >= 11 is 0. The molecule has 0 atom stereocenters. The van der Waals surface area contributed by atoms with Gasteiger partial charge in [0.25, 0.3) is 0 Å². The fourth-order valence-electron chi connectivity index (χ4n) is 3.13. The average Bonchev–Trinajstić information content (AvgIpc) is 3.25. The van der Waals surface area contributed by atoms with Gasteiger partial charge in [0.15, 0.2) is 11.5 Å². The van der Waals surface area contributed by atoms with Crippen LogP contribution in [0.1, 0.15) is 17.5 Å². The number of hydrogen-bond donors (Lipinski definition) is 0. The molecule has 0 bridgehead atoms. The summed E-state index contributed by atoms with van der Waals surface area (Å²) in [4.78, 5) is 0. The highest BCUT2D eigenvalue weighted by molar-refractivity contribution is 5.92. The number of methoxy groups -OCH3 is 4. The predicted molar refractivity (Wildman–Crippen MR) is 109 cm³/mol. The van der Waals surface area contributed by atoms with Gasteiger partial charge in [-0.05, 0) is 59.0 Å². The van der Waals surface area contributed by atoms with Gasteiger partial charge in [0.05, 0.1) is 28.4 Å². The van der Waals surface area contributed by atoms with Gasteiger partial charge < -0.3 is 18.9 Å². The molecule has 0 saturated carbocycles. The molecule has 2 aromatic carbocycles. The molecule has 0 heterocycles. The van der Waals surface area contributed by atoms with Crippen molar-refractivity contribution in [3.05, 3.63) is 71.3 Å². The number of allylic oxidation sites excluding steroid dienone is 5. The molecule has 1 aliphatic rings. The van der Waals surface area contributed by atoms with Crippen molar-refractivity contribution in [3.8, 4) is 23.0 Å². The van der Waals surface area contributed by atoms with Crippen LogP contribution in [-0.4, -0.2) is 28.4 Å². The molecule has 140 valence electrons. The first kappa shape index (κ1) is 18.6. The molecule has 0 aromatic heterocycles. The van der Waals surface area contributed by atoms with E-state index in [1.165, 1.54) is 5.57 Å². The van der Waals surface area contributed by atoms with Crippen molar-refractivity contribution in [3.63, 3.8) is 0 Å². The van der Waals surface area contributed by atoms with Crippen LogP contribution < -0.4 is 18.9 Å². The van der Waals surface area contributed by atoms with Crippen molar-refractivity contribution >= 4 is 11.6 Å². The normalized spacial score (nSPS) is 13.3. The first-order chi connectivity index (χ1) is 13.2. The van der Waals surface area contributed by atoms with Gasteiger partial charge in [-0.1, -0.05) is 30.4 Å². The SMILES string of the molecule is COc1ccc(/C(=C/c2cc(OC)c(OC)c(OC)c2)C2=CC=CC2)cc1. The third-order valence-corrected chi connectivity index (χ3v) is 4.52. The molecule has 3 rings (SSSR count). The smallest absolute Gasteiger partial charge is 0.203 e. The van der Waals surface area contributed by atoms with E-state index < -0.39 is 0 Å². The minimum absolute atomic E-state index is 0.588. The van der Waals surface area contributed by atoms with Crippen LogP contribution >= 0.6 is 0 Å². The lowest BCUT2D eigenvalue weighted by molar-refractivity contribution is 0.324. The van der Waals surface area contributed by atoms with Crippen LogP contribution in [0.5, 0.6) is 23.0 Å². The maximum atomic E-state index is 5.48. The van der Waals surface area contributed by atoms with Crippen molar-refractivity contribution in [2.24, 2.45) is 0 Å². The van der Waals surface area contributed by atoms with Crippen LogP contribution in [-0.2, 0) is 0 Å². The summed E-state index contributed by atoms with van der Waals surface area (Å²) in [7, 11) is 6.52. The lowest BCUT2D eigenvalue weighted by atomic mass is 9.94. The summed E-state index contributed by atoms with van der Waals surface area (Å²) in [6, 6.07) is 12.0. The Balaban J connectivity index is 2.10. The Bertz CT molecular complexity index is 864. The zero-order valence-corrected chi connectivity index (χ0v) is 16.1. The van der Waals surface area contributed by atoms with E-state index in [-0.39, 0.29) is 0 Å². The molecule has 1 aliphatic carbocycles. The third-order valence-electron chi connectivity index (χ3n) is 4.52. The molecule has 0 saturated heterocycles. The lowest BCUT2D eigenvalue weighted by Crippen LogP contribution is -1.96. The molecule has 0 spiro atoms. The number of ether oxygens (including phenoxy) is 4. The molecule has 0 radical (unpaired) electrons. The molecule has 0 N–H and O–H groups in total. The van der Waals surface area contributed by atoms with Gasteiger partial charge in [0.1, 0.15) is 5.75 Å². The minimum atomic E-state index is 0.588. The second kappa shape index (κ2) is 8.49. The molecular weight excluding hydrogens is 340 g/mol. The van der Waals surface area contributed by atoms with E-state index in [4.69, 9.17) is 18.9 Å². The molecule has 0 aliphatic heterocycles. The Labute approximate surface area is 160 Å². The summed E-state index contributed by atoms with van der Waals surface area (Å²) in [5.41, 5.74) is 4.51. The quantitative estimate of drug-likeness (QED) is 0.637. The van der Waals surface area contributed by atoms with Gasteiger partial charge in [-0.25, -0.2) is 0 Å². The Hall–Kier alpha value is -3.14. The molecule has 0 fully saturated rings. The molecule has 0 amide bonds. The first-order valence-electron chi connectivity index (χ1n) is 8.72. The standard InChI is InChI=1S/C23H24O4/c1-24-19-11-9-18(10-12-19)20(17-7-5-6-8-17)13-16-14-21(25-2)23(27-4)22(15-16)26-3/h5-7,9-15H,8H2,1-4H3/b20-13+. The Morgan fingerprint density at radius 1 is 0.852 bits per heavy atom. The van der Waals surface area contributed by atoms with Crippen LogP contribution in [0.3, 0.4) is 0 Å². The monoisotopic (exact) mass is 364 g/mol. The maximum Gasteiger partial charge on any atom is 0.203 e. The molecule has 27 heavy (non-hydrogen) atoms. The second-order valence-corrected chi connectivity index (χ2v) is 6.07. The van der Waals surface area contributed by atoms with Crippen LogP contribution in [0, 0.1) is 0 Å². The lowest BCUT2D eigenvalue weighted by Gasteiger charge is -2.15. The van der Waals surface area contributed by atoms with Gasteiger partial charge in [-0.15, -0.1) is 0 Å². The zero-order chi connectivity index (χ0) is 19.2. The van der Waals surface area contributed by atoms with E-state index >= 15 is 0 Å². The minimum Gasteiger partial charge on any atom is -0.497 e. The zero-order valence-electron chi connectivity index (χ0n) is 16.1. The van der Waals surface area contributed by atoms with E-state index in [0.717, 1.165) is 28.9 Å². The van der Waals surface area contributed by atoms with Crippen molar-refractivity contribution < 1.29 is 18.9 Å². The fraction of sp³-hybridized carbons (Fsp3) is 0.217. The molecular formula is C23H24O4. The maximum absolute atomic E-state index is 5.48.